The number of hydrogen-bond acceptors (Lipinski definition) is 6. The monoisotopic (exact) mass is 308 g/mol. The standard InChI is InChI=1S/C14H20N4O4/c19-11-5-17(6-12(20)15-11)9-2-1-3-10(4-9)18-7-13(21)16-14(22)8-18/h9-10H,1-8H2,(H,15,19,20)(H,16,21,22)/t9-,10-/m1/s1. The first-order chi connectivity index (χ1) is 10.5. The summed E-state index contributed by atoms with van der Waals surface area (Å²) in [5.41, 5.74) is 0. The molecule has 2 aliphatic heterocycles. The lowest BCUT2D eigenvalue weighted by atomic mass is 9.88. The number of amides is 4. The highest BCUT2D eigenvalue weighted by atomic mass is 16.2. The normalized spacial score (nSPS) is 31.8. The number of nitrogens with zero attached hydrogens (tertiary/aromatic N) is 2. The summed E-state index contributed by atoms with van der Waals surface area (Å²) in [6, 6.07) is 0.294. The van der Waals surface area contributed by atoms with Crippen LogP contribution in [0, 0.1) is 0 Å². The lowest BCUT2D eigenvalue weighted by molar-refractivity contribution is -0.137. The topological polar surface area (TPSA) is 98.8 Å². The van der Waals surface area contributed by atoms with Gasteiger partial charge in [-0.25, -0.2) is 0 Å². The van der Waals surface area contributed by atoms with Gasteiger partial charge in [0.1, 0.15) is 0 Å². The average molecular weight is 308 g/mol. The molecular weight excluding hydrogens is 288 g/mol. The molecule has 2 atom stereocenters. The van der Waals surface area contributed by atoms with Crippen molar-refractivity contribution in [1.29, 1.82) is 0 Å². The molecule has 8 nitrogen and oxygen atoms in total. The summed E-state index contributed by atoms with van der Waals surface area (Å²) in [6.07, 6.45) is 3.62. The highest BCUT2D eigenvalue weighted by Gasteiger charge is 2.36. The van der Waals surface area contributed by atoms with Crippen LogP contribution in [0.5, 0.6) is 0 Å². The number of rotatable bonds is 2. The van der Waals surface area contributed by atoms with Crippen LogP contribution in [0.15, 0.2) is 0 Å². The predicted molar refractivity (Wildman–Crippen MR) is 75.5 cm³/mol. The number of piperazine rings is 2. The van der Waals surface area contributed by atoms with Crippen LogP contribution in [0.1, 0.15) is 25.7 Å². The summed E-state index contributed by atoms with van der Waals surface area (Å²) in [5.74, 6) is -1.03. The molecule has 3 aliphatic rings. The van der Waals surface area contributed by atoms with Crippen molar-refractivity contribution in [2.45, 2.75) is 37.8 Å². The fourth-order valence-corrected chi connectivity index (χ4v) is 3.64. The van der Waals surface area contributed by atoms with Gasteiger partial charge < -0.3 is 0 Å². The summed E-state index contributed by atoms with van der Waals surface area (Å²) in [7, 11) is 0. The molecule has 22 heavy (non-hydrogen) atoms. The Hall–Kier alpha value is -1.80. The van der Waals surface area contributed by atoms with Gasteiger partial charge in [0.15, 0.2) is 0 Å². The van der Waals surface area contributed by atoms with E-state index in [1.54, 1.807) is 0 Å². The minimum atomic E-state index is -0.258. The Balaban J connectivity index is 1.63. The number of carbonyl (C=O) groups is 4. The predicted octanol–water partition coefficient (Wildman–Crippen LogP) is -1.79. The molecule has 2 heterocycles. The van der Waals surface area contributed by atoms with Crippen molar-refractivity contribution in [3.8, 4) is 0 Å². The Morgan fingerprint density at radius 3 is 1.41 bits per heavy atom. The third-order valence-electron chi connectivity index (χ3n) is 4.60. The van der Waals surface area contributed by atoms with E-state index < -0.39 is 0 Å². The van der Waals surface area contributed by atoms with E-state index in [-0.39, 0.29) is 61.9 Å². The van der Waals surface area contributed by atoms with Gasteiger partial charge >= 0.3 is 0 Å². The van der Waals surface area contributed by atoms with Gasteiger partial charge in [-0.1, -0.05) is 6.42 Å². The Morgan fingerprint density at radius 2 is 1.05 bits per heavy atom. The van der Waals surface area contributed by atoms with Crippen LogP contribution in [0.3, 0.4) is 0 Å². The molecule has 1 aliphatic carbocycles. The molecule has 3 fully saturated rings. The molecule has 0 aromatic rings. The van der Waals surface area contributed by atoms with Crippen LogP contribution < -0.4 is 10.6 Å². The van der Waals surface area contributed by atoms with Gasteiger partial charge in [-0.15, -0.1) is 0 Å². The summed E-state index contributed by atoms with van der Waals surface area (Å²) in [5, 5.41) is 4.61. The third kappa shape index (κ3) is 3.33. The summed E-state index contributed by atoms with van der Waals surface area (Å²) in [4.78, 5) is 49.9. The van der Waals surface area contributed by atoms with E-state index in [9.17, 15) is 19.2 Å². The van der Waals surface area contributed by atoms with E-state index in [0.717, 1.165) is 25.7 Å². The number of hydrogen-bond donors (Lipinski definition) is 2. The van der Waals surface area contributed by atoms with Crippen LogP contribution in [0.4, 0.5) is 0 Å². The van der Waals surface area contributed by atoms with Gasteiger partial charge in [0.05, 0.1) is 26.2 Å². The minimum absolute atomic E-state index is 0.147. The fraction of sp³-hybridized carbons (Fsp3) is 0.714. The highest BCUT2D eigenvalue weighted by Crippen LogP contribution is 2.27. The molecule has 0 aromatic carbocycles. The van der Waals surface area contributed by atoms with Crippen LogP contribution >= 0.6 is 0 Å². The molecule has 8 heteroatoms. The molecule has 0 bridgehead atoms. The third-order valence-corrected chi connectivity index (χ3v) is 4.60. The molecule has 0 spiro atoms. The molecule has 2 N–H and O–H groups in total. The fourth-order valence-electron chi connectivity index (χ4n) is 3.64. The van der Waals surface area contributed by atoms with E-state index in [1.807, 2.05) is 9.80 Å². The minimum Gasteiger partial charge on any atom is -0.294 e. The quantitative estimate of drug-likeness (QED) is 0.585. The Kier molecular flexibility index (Phi) is 4.21. The maximum atomic E-state index is 11.5. The Labute approximate surface area is 128 Å². The summed E-state index contributed by atoms with van der Waals surface area (Å²) in [6.45, 7) is 0.955. The molecule has 120 valence electrons. The maximum Gasteiger partial charge on any atom is 0.240 e. The second-order valence-electron chi connectivity index (χ2n) is 6.23. The van der Waals surface area contributed by atoms with E-state index in [1.165, 1.54) is 0 Å². The van der Waals surface area contributed by atoms with Crippen molar-refractivity contribution < 1.29 is 19.2 Å². The first kappa shape index (κ1) is 15.1. The van der Waals surface area contributed by atoms with Crippen molar-refractivity contribution >= 4 is 23.6 Å². The number of nitrogens with one attached hydrogen (secondary N) is 2. The molecule has 2 saturated heterocycles. The van der Waals surface area contributed by atoms with Crippen molar-refractivity contribution in [3.05, 3.63) is 0 Å². The number of carbonyl (C=O) groups excluding carboxylic acids is 4. The highest BCUT2D eigenvalue weighted by molar-refractivity contribution is 5.99. The van der Waals surface area contributed by atoms with Crippen molar-refractivity contribution in [2.24, 2.45) is 0 Å². The zero-order valence-corrected chi connectivity index (χ0v) is 12.3. The Bertz CT molecular complexity index is 445. The molecule has 1 saturated carbocycles. The van der Waals surface area contributed by atoms with E-state index in [0.29, 0.717) is 0 Å². The van der Waals surface area contributed by atoms with Crippen molar-refractivity contribution in [3.63, 3.8) is 0 Å². The van der Waals surface area contributed by atoms with Crippen LogP contribution in [-0.2, 0) is 19.2 Å². The number of imide groups is 2. The largest absolute Gasteiger partial charge is 0.294 e. The van der Waals surface area contributed by atoms with Crippen LogP contribution in [0.2, 0.25) is 0 Å². The van der Waals surface area contributed by atoms with E-state index in [4.69, 9.17) is 0 Å². The second kappa shape index (κ2) is 6.13. The van der Waals surface area contributed by atoms with Crippen LogP contribution in [-0.4, -0.2) is 71.7 Å². The lowest BCUT2D eigenvalue weighted by Crippen LogP contribution is -2.59. The average Bonchev–Trinajstić information content (AvgIpc) is 2.45. The van der Waals surface area contributed by atoms with E-state index >= 15 is 0 Å². The van der Waals surface area contributed by atoms with Gasteiger partial charge in [0.25, 0.3) is 0 Å². The van der Waals surface area contributed by atoms with E-state index in [2.05, 4.69) is 10.6 Å². The first-order valence-corrected chi connectivity index (χ1v) is 7.65. The molecular formula is C14H20N4O4. The molecule has 0 unspecified atom stereocenters. The zero-order valence-electron chi connectivity index (χ0n) is 12.3. The zero-order chi connectivity index (χ0) is 15.7. The van der Waals surface area contributed by atoms with Crippen molar-refractivity contribution in [2.75, 3.05) is 26.2 Å². The maximum absolute atomic E-state index is 11.5. The molecule has 0 aromatic heterocycles. The smallest absolute Gasteiger partial charge is 0.240 e. The van der Waals surface area contributed by atoms with Gasteiger partial charge in [-0.2, -0.15) is 0 Å². The SMILES string of the molecule is O=C1CN([C@@H]2CCC[C@@H](N3CC(=O)NC(=O)C3)C2)CC(=O)N1. The molecule has 3 rings (SSSR count). The summed E-state index contributed by atoms with van der Waals surface area (Å²) < 4.78 is 0. The molecule has 4 amide bonds. The van der Waals surface area contributed by atoms with Crippen LogP contribution in [0.25, 0.3) is 0 Å². The van der Waals surface area contributed by atoms with Gasteiger partial charge in [-0.05, 0) is 19.3 Å². The molecule has 0 radical (unpaired) electrons. The Morgan fingerprint density at radius 1 is 0.682 bits per heavy atom. The first-order valence-electron chi connectivity index (χ1n) is 7.65. The van der Waals surface area contributed by atoms with Crippen molar-refractivity contribution in [1.82, 2.24) is 20.4 Å². The van der Waals surface area contributed by atoms with Gasteiger partial charge in [0, 0.05) is 12.1 Å². The summed E-state index contributed by atoms with van der Waals surface area (Å²) >= 11 is 0. The van der Waals surface area contributed by atoms with Gasteiger partial charge in [-0.3, -0.25) is 39.6 Å². The lowest BCUT2D eigenvalue weighted by Gasteiger charge is -2.42. The second-order valence-corrected chi connectivity index (χ2v) is 6.23. The van der Waals surface area contributed by atoms with Gasteiger partial charge in [0.2, 0.25) is 23.6 Å².